The van der Waals surface area contributed by atoms with Crippen LogP contribution in [0.1, 0.15) is 278 Å². The smallest absolute Gasteiger partial charge is 0.335 e. The zero-order valence-electron chi connectivity index (χ0n) is 52.4. The lowest BCUT2D eigenvalue weighted by Crippen LogP contribution is -2.61. The number of ether oxygens (including phenoxy) is 5. The number of aliphatic hydroxyl groups is 2. The number of carbonyl (C=O) groups is 4. The minimum Gasteiger partial charge on any atom is -0.479 e. The fourth-order valence-corrected chi connectivity index (χ4v) is 9.65. The van der Waals surface area contributed by atoms with Crippen molar-refractivity contribution in [2.75, 3.05) is 13.2 Å². The number of carboxylic acid groups (broad SMARTS) is 1. The molecule has 83 heavy (non-hydrogen) atoms. The van der Waals surface area contributed by atoms with Gasteiger partial charge in [-0.1, -0.05) is 259 Å². The molecule has 0 aromatic heterocycles. The van der Waals surface area contributed by atoms with Crippen LogP contribution in [-0.2, 0) is 42.9 Å². The second kappa shape index (κ2) is 58.0. The van der Waals surface area contributed by atoms with Crippen LogP contribution in [0, 0.1) is 0 Å². The van der Waals surface area contributed by atoms with Crippen LogP contribution in [0.4, 0.5) is 0 Å². The molecule has 1 aliphatic heterocycles. The van der Waals surface area contributed by atoms with Gasteiger partial charge in [-0.15, -0.1) is 0 Å². The quantitative estimate of drug-likeness (QED) is 0.0228. The van der Waals surface area contributed by atoms with Gasteiger partial charge in [0.1, 0.15) is 18.8 Å². The average Bonchev–Trinajstić information content (AvgIpc) is 3.57. The molecular formula is C71H118O12. The standard InChI is InChI=1S/C71H118O12/c1-4-7-10-13-16-19-22-25-28-30-32-34-37-39-42-45-48-51-54-57-63(72)79-60-62(81-64(73)58-55-52-49-46-43-40-36-27-24-21-18-15-12-9-6-3)61-80-71-69(67(76)66(75)68(83-71)70(77)78)82-65(74)59-56-53-50-47-44-41-38-35-33-31-29-26-23-20-17-14-11-8-5-2/h7-8,10-11,16-17,19-20,25-26,28-29,32-35,62,66-69,71,75-76H,4-6,9,12-15,18,21-24,27,30-31,36-61H2,1-3H3,(H,77,78)/b10-7-,11-8-,19-16-,20-17-,28-25-,29-26-,34-32-,35-33-. The number of carboxylic acids is 1. The van der Waals surface area contributed by atoms with Crippen LogP contribution in [0.5, 0.6) is 0 Å². The summed E-state index contributed by atoms with van der Waals surface area (Å²) in [6.07, 6.45) is 65.0. The molecular weight excluding hydrogens is 1040 g/mol. The van der Waals surface area contributed by atoms with Gasteiger partial charge in [0.2, 0.25) is 0 Å². The summed E-state index contributed by atoms with van der Waals surface area (Å²) in [5, 5.41) is 31.6. The van der Waals surface area contributed by atoms with Gasteiger partial charge in [-0.05, 0) is 96.3 Å². The summed E-state index contributed by atoms with van der Waals surface area (Å²) in [4.78, 5) is 51.4. The van der Waals surface area contributed by atoms with Crippen molar-refractivity contribution in [3.63, 3.8) is 0 Å². The van der Waals surface area contributed by atoms with Crippen molar-refractivity contribution >= 4 is 23.9 Å². The molecule has 12 nitrogen and oxygen atoms in total. The largest absolute Gasteiger partial charge is 0.479 e. The van der Waals surface area contributed by atoms with Crippen molar-refractivity contribution in [3.8, 4) is 0 Å². The monoisotopic (exact) mass is 1160 g/mol. The summed E-state index contributed by atoms with van der Waals surface area (Å²) in [6, 6.07) is 0. The molecule has 474 valence electrons. The van der Waals surface area contributed by atoms with Crippen LogP contribution < -0.4 is 0 Å². The lowest BCUT2D eigenvalue weighted by molar-refractivity contribution is -0.301. The highest BCUT2D eigenvalue weighted by atomic mass is 16.7. The Balaban J connectivity index is 2.66. The first-order valence-electron chi connectivity index (χ1n) is 33.2. The number of rotatable bonds is 56. The van der Waals surface area contributed by atoms with E-state index in [-0.39, 0.29) is 25.9 Å². The number of hydrogen-bond donors (Lipinski definition) is 3. The molecule has 0 spiro atoms. The summed E-state index contributed by atoms with van der Waals surface area (Å²) < 4.78 is 28.6. The van der Waals surface area contributed by atoms with Crippen LogP contribution in [-0.4, -0.2) is 89.2 Å². The molecule has 0 amide bonds. The fraction of sp³-hybridized carbons (Fsp3) is 0.718. The van der Waals surface area contributed by atoms with E-state index in [2.05, 4.69) is 118 Å². The highest BCUT2D eigenvalue weighted by molar-refractivity contribution is 5.74. The minimum absolute atomic E-state index is 0.0402. The van der Waals surface area contributed by atoms with Crippen molar-refractivity contribution in [2.24, 2.45) is 0 Å². The van der Waals surface area contributed by atoms with E-state index in [1.54, 1.807) is 0 Å². The van der Waals surface area contributed by atoms with E-state index >= 15 is 0 Å². The molecule has 0 saturated carbocycles. The first kappa shape index (κ1) is 76.7. The van der Waals surface area contributed by atoms with Gasteiger partial charge in [0.25, 0.3) is 0 Å². The van der Waals surface area contributed by atoms with Gasteiger partial charge >= 0.3 is 23.9 Å². The van der Waals surface area contributed by atoms with Crippen LogP contribution >= 0.6 is 0 Å². The maximum atomic E-state index is 13.2. The summed E-state index contributed by atoms with van der Waals surface area (Å²) in [5.74, 6) is -3.15. The Morgan fingerprint density at radius 1 is 0.410 bits per heavy atom. The minimum atomic E-state index is -1.91. The molecule has 12 heteroatoms. The highest BCUT2D eigenvalue weighted by Crippen LogP contribution is 2.27. The molecule has 0 radical (unpaired) electrons. The Bertz CT molecular complexity index is 1810. The average molecular weight is 1160 g/mol. The van der Waals surface area contributed by atoms with Crippen LogP contribution in [0.2, 0.25) is 0 Å². The Hall–Kier alpha value is -4.36. The first-order valence-corrected chi connectivity index (χ1v) is 33.2. The second-order valence-electron chi connectivity index (χ2n) is 22.3. The van der Waals surface area contributed by atoms with Gasteiger partial charge in [-0.25, -0.2) is 4.79 Å². The van der Waals surface area contributed by atoms with Crippen LogP contribution in [0.25, 0.3) is 0 Å². The molecule has 3 N–H and O–H groups in total. The predicted molar refractivity (Wildman–Crippen MR) is 340 cm³/mol. The van der Waals surface area contributed by atoms with E-state index in [1.165, 1.54) is 70.6 Å². The number of carbonyl (C=O) groups excluding carboxylic acids is 3. The van der Waals surface area contributed by atoms with Gasteiger partial charge < -0.3 is 39.0 Å². The van der Waals surface area contributed by atoms with Crippen molar-refractivity contribution < 1.29 is 58.2 Å². The van der Waals surface area contributed by atoms with Gasteiger partial charge in [0.15, 0.2) is 24.6 Å². The third kappa shape index (κ3) is 47.6. The lowest BCUT2D eigenvalue weighted by Gasteiger charge is -2.40. The Labute approximate surface area is 504 Å². The number of aliphatic carboxylic acids is 1. The topological polar surface area (TPSA) is 175 Å². The third-order valence-electron chi connectivity index (χ3n) is 14.7. The summed E-state index contributed by atoms with van der Waals surface area (Å²) in [7, 11) is 0. The van der Waals surface area contributed by atoms with Crippen LogP contribution in [0.3, 0.4) is 0 Å². The molecule has 0 aromatic carbocycles. The lowest BCUT2D eigenvalue weighted by atomic mass is 9.98. The van der Waals surface area contributed by atoms with E-state index in [1.807, 2.05) is 0 Å². The van der Waals surface area contributed by atoms with E-state index in [4.69, 9.17) is 23.7 Å². The number of allylic oxidation sites excluding steroid dienone is 16. The van der Waals surface area contributed by atoms with Crippen LogP contribution in [0.15, 0.2) is 97.2 Å². The molecule has 6 unspecified atom stereocenters. The number of unbranched alkanes of at least 4 members (excludes halogenated alkanes) is 26. The normalized spacial score (nSPS) is 18.2. The maximum absolute atomic E-state index is 13.2. The molecule has 6 atom stereocenters. The summed E-state index contributed by atoms with van der Waals surface area (Å²) in [5.41, 5.74) is 0. The number of hydrogen-bond acceptors (Lipinski definition) is 11. The third-order valence-corrected chi connectivity index (χ3v) is 14.7. The predicted octanol–water partition coefficient (Wildman–Crippen LogP) is 18.0. The van der Waals surface area contributed by atoms with Crippen molar-refractivity contribution in [2.45, 2.75) is 314 Å². The summed E-state index contributed by atoms with van der Waals surface area (Å²) >= 11 is 0. The second-order valence-corrected chi connectivity index (χ2v) is 22.3. The Kier molecular flexibility index (Phi) is 53.6. The zero-order chi connectivity index (χ0) is 60.3. The van der Waals surface area contributed by atoms with Crippen molar-refractivity contribution in [3.05, 3.63) is 97.2 Å². The summed E-state index contributed by atoms with van der Waals surface area (Å²) in [6.45, 7) is 5.78. The SMILES string of the molecule is CC/C=C\C/C=C\C/C=C\C/C=C\CCCCCCCCC(=O)OCC(COC1OC(C(=O)O)C(O)C(O)C1OC(=O)CCCCCCCC/C=C\C/C=C\C/C=C\C/C=C\CC)OC(=O)CCCCCCCCCCCCCCCCC. The van der Waals surface area contributed by atoms with Gasteiger partial charge in [-0.2, -0.15) is 0 Å². The molecule has 1 rings (SSSR count). The van der Waals surface area contributed by atoms with E-state index in [9.17, 15) is 34.5 Å². The molecule has 1 aliphatic rings. The molecule has 1 saturated heterocycles. The number of aliphatic hydroxyl groups excluding tert-OH is 2. The number of esters is 3. The van der Waals surface area contributed by atoms with E-state index < -0.39 is 67.3 Å². The van der Waals surface area contributed by atoms with Gasteiger partial charge in [0, 0.05) is 19.3 Å². The Morgan fingerprint density at radius 2 is 0.759 bits per heavy atom. The first-order chi connectivity index (χ1) is 40.6. The van der Waals surface area contributed by atoms with Crippen molar-refractivity contribution in [1.82, 2.24) is 0 Å². The van der Waals surface area contributed by atoms with E-state index in [0.717, 1.165) is 148 Å². The maximum Gasteiger partial charge on any atom is 0.335 e. The van der Waals surface area contributed by atoms with E-state index in [0.29, 0.717) is 19.3 Å². The molecule has 1 heterocycles. The molecule has 0 bridgehead atoms. The molecule has 0 aliphatic carbocycles. The van der Waals surface area contributed by atoms with Gasteiger partial charge in [-0.3, -0.25) is 14.4 Å². The van der Waals surface area contributed by atoms with Gasteiger partial charge in [0.05, 0.1) is 6.61 Å². The molecule has 1 fully saturated rings. The fourth-order valence-electron chi connectivity index (χ4n) is 9.65. The Morgan fingerprint density at radius 3 is 1.16 bits per heavy atom. The highest BCUT2D eigenvalue weighted by Gasteiger charge is 2.50. The molecule has 0 aromatic rings. The van der Waals surface area contributed by atoms with Crippen molar-refractivity contribution in [1.29, 1.82) is 0 Å². The zero-order valence-corrected chi connectivity index (χ0v) is 52.4.